The molecule has 1 saturated heterocycles. The van der Waals surface area contributed by atoms with E-state index in [0.29, 0.717) is 12.0 Å². The maximum atomic E-state index is 12.1. The van der Waals surface area contributed by atoms with E-state index in [1.165, 1.54) is 0 Å². The van der Waals surface area contributed by atoms with Gasteiger partial charge in [-0.05, 0) is 31.4 Å². The summed E-state index contributed by atoms with van der Waals surface area (Å²) in [6.45, 7) is 0.838. The van der Waals surface area contributed by atoms with Crippen molar-refractivity contribution in [3.63, 3.8) is 0 Å². The molecular formula is C16H18N2O2. The van der Waals surface area contributed by atoms with Crippen LogP contribution in [0.15, 0.2) is 42.7 Å². The van der Waals surface area contributed by atoms with Gasteiger partial charge in [-0.3, -0.25) is 4.79 Å². The third-order valence-electron chi connectivity index (χ3n) is 3.64. The molecule has 0 aliphatic carbocycles. The van der Waals surface area contributed by atoms with Gasteiger partial charge in [-0.25, -0.2) is 4.68 Å². The molecule has 1 fully saturated rings. The van der Waals surface area contributed by atoms with E-state index in [2.05, 4.69) is 5.10 Å². The van der Waals surface area contributed by atoms with Crippen LogP contribution in [0.4, 0.5) is 0 Å². The third-order valence-corrected chi connectivity index (χ3v) is 3.64. The lowest BCUT2D eigenvalue weighted by atomic mass is 10.1. The molecule has 0 bridgehead atoms. The van der Waals surface area contributed by atoms with Crippen molar-refractivity contribution in [2.24, 2.45) is 0 Å². The minimum atomic E-state index is 0.141. The number of aromatic nitrogens is 2. The fourth-order valence-corrected chi connectivity index (χ4v) is 2.50. The Bertz CT molecular complexity index is 571. The van der Waals surface area contributed by atoms with E-state index in [0.717, 1.165) is 31.6 Å². The van der Waals surface area contributed by atoms with Crippen LogP contribution in [-0.4, -0.2) is 28.3 Å². The molecule has 1 aliphatic heterocycles. The number of Topliss-reactive ketones (excluding diaryl/α,β-unsaturated/α-hetero) is 1. The van der Waals surface area contributed by atoms with E-state index < -0.39 is 0 Å². The topological polar surface area (TPSA) is 44.1 Å². The summed E-state index contributed by atoms with van der Waals surface area (Å²) < 4.78 is 7.28. The molecule has 0 N–H and O–H groups in total. The average Bonchev–Trinajstić information content (AvgIpc) is 3.17. The van der Waals surface area contributed by atoms with Gasteiger partial charge in [-0.15, -0.1) is 0 Å². The second-order valence-corrected chi connectivity index (χ2v) is 5.11. The van der Waals surface area contributed by atoms with Crippen LogP contribution >= 0.6 is 0 Å². The molecule has 0 spiro atoms. The van der Waals surface area contributed by atoms with E-state index >= 15 is 0 Å². The van der Waals surface area contributed by atoms with Crippen molar-refractivity contribution in [2.45, 2.75) is 31.8 Å². The predicted molar refractivity (Wildman–Crippen MR) is 76.1 cm³/mol. The molecule has 2 heterocycles. The number of nitrogens with zero attached hydrogens (tertiary/aromatic N) is 2. The SMILES string of the molecule is O=C(CCC1CCCO1)c1cnn(-c2ccccc2)c1. The number of hydrogen-bond acceptors (Lipinski definition) is 3. The molecule has 20 heavy (non-hydrogen) atoms. The molecule has 1 unspecified atom stereocenters. The van der Waals surface area contributed by atoms with E-state index in [4.69, 9.17) is 4.74 Å². The van der Waals surface area contributed by atoms with E-state index in [1.54, 1.807) is 17.1 Å². The maximum absolute atomic E-state index is 12.1. The number of carbonyl (C=O) groups is 1. The summed E-state index contributed by atoms with van der Waals surface area (Å²) in [5.41, 5.74) is 1.64. The van der Waals surface area contributed by atoms with Crippen molar-refractivity contribution in [2.75, 3.05) is 6.61 Å². The summed E-state index contributed by atoms with van der Waals surface area (Å²) in [5.74, 6) is 0.141. The molecule has 0 radical (unpaired) electrons. The molecule has 0 amide bonds. The second-order valence-electron chi connectivity index (χ2n) is 5.11. The molecule has 1 aliphatic rings. The third kappa shape index (κ3) is 2.96. The summed E-state index contributed by atoms with van der Waals surface area (Å²) >= 11 is 0. The van der Waals surface area contributed by atoms with Crippen LogP contribution in [0.5, 0.6) is 0 Å². The van der Waals surface area contributed by atoms with Crippen LogP contribution < -0.4 is 0 Å². The highest BCUT2D eigenvalue weighted by molar-refractivity contribution is 5.95. The van der Waals surface area contributed by atoms with Crippen LogP contribution in [0.1, 0.15) is 36.0 Å². The van der Waals surface area contributed by atoms with Crippen molar-refractivity contribution >= 4 is 5.78 Å². The van der Waals surface area contributed by atoms with Crippen molar-refractivity contribution in [1.29, 1.82) is 0 Å². The summed E-state index contributed by atoms with van der Waals surface area (Å²) in [5, 5.41) is 4.25. The van der Waals surface area contributed by atoms with E-state index in [9.17, 15) is 4.79 Å². The zero-order chi connectivity index (χ0) is 13.8. The van der Waals surface area contributed by atoms with Crippen LogP contribution in [0, 0.1) is 0 Å². The van der Waals surface area contributed by atoms with Crippen molar-refractivity contribution in [3.8, 4) is 5.69 Å². The lowest BCUT2D eigenvalue weighted by Crippen LogP contribution is -2.08. The van der Waals surface area contributed by atoms with E-state index in [-0.39, 0.29) is 11.9 Å². The number of hydrogen-bond donors (Lipinski definition) is 0. The molecule has 1 aromatic carbocycles. The van der Waals surface area contributed by atoms with Gasteiger partial charge in [0.05, 0.1) is 23.6 Å². The van der Waals surface area contributed by atoms with Crippen molar-refractivity contribution < 1.29 is 9.53 Å². The Morgan fingerprint density at radius 1 is 1.35 bits per heavy atom. The van der Waals surface area contributed by atoms with Gasteiger partial charge in [0.1, 0.15) is 0 Å². The summed E-state index contributed by atoms with van der Waals surface area (Å²) in [7, 11) is 0. The molecule has 3 rings (SSSR count). The van der Waals surface area contributed by atoms with Crippen LogP contribution in [0.3, 0.4) is 0 Å². The molecule has 104 valence electrons. The Hall–Kier alpha value is -1.94. The fraction of sp³-hybridized carbons (Fsp3) is 0.375. The van der Waals surface area contributed by atoms with Gasteiger partial charge in [-0.2, -0.15) is 5.10 Å². The zero-order valence-corrected chi connectivity index (χ0v) is 11.4. The van der Waals surface area contributed by atoms with Gasteiger partial charge in [0, 0.05) is 19.2 Å². The van der Waals surface area contributed by atoms with Gasteiger partial charge in [-0.1, -0.05) is 18.2 Å². The highest BCUT2D eigenvalue weighted by atomic mass is 16.5. The highest BCUT2D eigenvalue weighted by Crippen LogP contribution is 2.18. The number of benzene rings is 1. The van der Waals surface area contributed by atoms with E-state index in [1.807, 2.05) is 30.3 Å². The first kappa shape index (κ1) is 13.1. The molecule has 4 heteroatoms. The van der Waals surface area contributed by atoms with Gasteiger partial charge in [0.2, 0.25) is 0 Å². The lowest BCUT2D eigenvalue weighted by Gasteiger charge is -2.07. The monoisotopic (exact) mass is 270 g/mol. The number of rotatable bonds is 5. The first-order valence-corrected chi connectivity index (χ1v) is 7.08. The zero-order valence-electron chi connectivity index (χ0n) is 11.4. The Morgan fingerprint density at radius 2 is 2.20 bits per heavy atom. The number of ether oxygens (including phenoxy) is 1. The van der Waals surface area contributed by atoms with Gasteiger partial charge in [0.25, 0.3) is 0 Å². The second kappa shape index (κ2) is 6.01. The highest BCUT2D eigenvalue weighted by Gasteiger charge is 2.18. The molecule has 1 atom stereocenters. The first-order chi connectivity index (χ1) is 9.83. The number of para-hydroxylation sites is 1. The van der Waals surface area contributed by atoms with Gasteiger partial charge in [0.15, 0.2) is 5.78 Å². The number of carbonyl (C=O) groups excluding carboxylic acids is 1. The largest absolute Gasteiger partial charge is 0.378 e. The summed E-state index contributed by atoms with van der Waals surface area (Å²) in [4.78, 5) is 12.1. The molecular weight excluding hydrogens is 252 g/mol. The average molecular weight is 270 g/mol. The summed E-state index contributed by atoms with van der Waals surface area (Å²) in [6, 6.07) is 9.80. The smallest absolute Gasteiger partial charge is 0.166 e. The Morgan fingerprint density at radius 3 is 2.95 bits per heavy atom. The molecule has 2 aromatic rings. The quantitative estimate of drug-likeness (QED) is 0.784. The minimum Gasteiger partial charge on any atom is -0.378 e. The van der Waals surface area contributed by atoms with Crippen molar-refractivity contribution in [3.05, 3.63) is 48.3 Å². The summed E-state index contributed by atoms with van der Waals surface area (Å²) in [6.07, 6.45) is 7.25. The minimum absolute atomic E-state index is 0.141. The van der Waals surface area contributed by atoms with Crippen LogP contribution in [0.2, 0.25) is 0 Å². The standard InChI is InChI=1S/C16H18N2O2/c19-16(9-8-15-7-4-10-20-15)13-11-17-18(12-13)14-5-2-1-3-6-14/h1-3,5-6,11-12,15H,4,7-10H2. The predicted octanol–water partition coefficient (Wildman–Crippen LogP) is 3.01. The van der Waals surface area contributed by atoms with Gasteiger partial charge < -0.3 is 4.74 Å². The normalized spacial score (nSPS) is 18.3. The Kier molecular flexibility index (Phi) is 3.92. The fourth-order valence-electron chi connectivity index (χ4n) is 2.50. The van der Waals surface area contributed by atoms with Crippen LogP contribution in [-0.2, 0) is 4.74 Å². The first-order valence-electron chi connectivity index (χ1n) is 7.08. The molecule has 0 saturated carbocycles. The Balaban J connectivity index is 1.62. The van der Waals surface area contributed by atoms with Gasteiger partial charge >= 0.3 is 0 Å². The molecule has 4 nitrogen and oxygen atoms in total. The lowest BCUT2D eigenvalue weighted by molar-refractivity contribution is 0.0859. The van der Waals surface area contributed by atoms with Crippen molar-refractivity contribution in [1.82, 2.24) is 9.78 Å². The number of ketones is 1. The van der Waals surface area contributed by atoms with Crippen LogP contribution in [0.25, 0.3) is 5.69 Å². The molecule has 1 aromatic heterocycles. The Labute approximate surface area is 118 Å². The maximum Gasteiger partial charge on any atom is 0.166 e.